The van der Waals surface area contributed by atoms with E-state index in [9.17, 15) is 344 Å². The van der Waals surface area contributed by atoms with Crippen LogP contribution in [0.1, 0.15) is 0 Å². The first-order valence-electron chi connectivity index (χ1n) is 25.8. The van der Waals surface area contributed by atoms with Crippen LogP contribution in [0.4, 0.5) is 0 Å². The molecule has 118 heteroatoms. The minimum atomic E-state index is -7.38. The number of hydrogen-bond donors (Lipinski definition) is 0. The number of nitrogens with zero attached hydrogens (tertiary/aromatic N) is 6. The predicted octanol–water partition coefficient (Wildman–Crippen LogP) is -41.9. The van der Waals surface area contributed by atoms with Gasteiger partial charge in [-0.15, -0.1) is 0 Å². The zero-order valence-electron chi connectivity index (χ0n) is 59.6. The smallest absolute Gasteiger partial charge is 0.809 e. The molecule has 0 spiro atoms. The van der Waals surface area contributed by atoms with Crippen LogP contribution in [0, 0.1) is 0 Å². The normalized spacial score (nSPS) is 14.0. The molecule has 136 heavy (non-hydrogen) atoms. The van der Waals surface area contributed by atoms with Gasteiger partial charge < -0.3 is 344 Å². The SMILES string of the molecule is O=P([O-])([O-])C(N(CCN(C(P(=O)([O-])[O-])P(=O)([O-])[O-])C(P(=O)([O-])[O-])P(=O)([O-])[O-])C(P(=O)([O-])[O-])P(=O)([O-])[O-])P(=O)([O-])[O-].O=P([O-])([O-])C(N(CCN(C(P(=O)([O-])[O-])P(=O)([O-])[O-])C(P(=O)([O-])[O-])P(=O)([O-])[O-])C(P(=O)([O-])[O-])P(=O)([O-])[O-])P(=O)([O-])[O-].O=P([O-])([O-])C(N(CCN(C(P(=O)([O-])[O-])P(=O)([O-])[O-])C(P(=O)([O-])[O-])P(=O)([O-])[O-])C(P(=O)([O-])[O-])P(=O)([O-])[O-])P(=O)([O-])[O-].[Fe+3].[Fe+3].[Fe+3].[Fe+3].[Fe+3].[Fe+3].[Fe+3].[Fe+3].[Fe+3].[Fe+3].[Fe+3].[Fe+3].[Fe+3].[Fe+3].[Fe+3].[Fe+3]. The summed E-state index contributed by atoms with van der Waals surface area (Å²) in [7, 11) is -177. The fourth-order valence-electron chi connectivity index (χ4n) is 9.23. The van der Waals surface area contributed by atoms with Gasteiger partial charge >= 0.3 is 273 Å². The van der Waals surface area contributed by atoms with Crippen LogP contribution in [-0.2, 0) is 383 Å². The quantitative estimate of drug-likeness (QED) is 0.0403. The molecule has 0 aromatic carbocycles. The third kappa shape index (κ3) is 63.8. The first-order chi connectivity index (χ1) is 50.9. The Kier molecular flexibility index (Phi) is 94.4. The second kappa shape index (κ2) is 66.9. The van der Waals surface area contributed by atoms with Crippen LogP contribution in [0.25, 0.3) is 0 Å². The Hall–Kier alpha value is 11.7. The molecule has 0 aromatic heterocycles. The molecular weight excluding hydrogens is 3090 g/mol. The van der Waals surface area contributed by atoms with E-state index in [0.717, 1.165) is 0 Å². The maximum atomic E-state index is 11.4. The zero-order chi connectivity index (χ0) is 98.6. The van der Waals surface area contributed by atoms with Crippen molar-refractivity contribution >= 4 is 182 Å². The van der Waals surface area contributed by atoms with Crippen LogP contribution in [0.15, 0.2) is 0 Å². The fourth-order valence-corrected chi connectivity index (χ4v) is 43.1. The Morgan fingerprint density at radius 1 is 0.0956 bits per heavy atom. The summed E-state index contributed by atoms with van der Waals surface area (Å²) in [6.45, 7) is -16.9. The maximum absolute atomic E-state index is 11.4. The van der Waals surface area contributed by atoms with Gasteiger partial charge in [0.1, 0.15) is 0 Å². The summed E-state index contributed by atoms with van der Waals surface area (Å²) in [5.41, 5.74) is -56.6. The molecule has 0 amide bonds. The Morgan fingerprint density at radius 2 is 0.125 bits per heavy atom. The van der Waals surface area contributed by atoms with Crippen molar-refractivity contribution in [2.24, 2.45) is 0 Å². The van der Waals surface area contributed by atoms with Crippen LogP contribution in [0.3, 0.4) is 0 Å². The Bertz CT molecular complexity index is 3580. The van der Waals surface area contributed by atoms with Crippen LogP contribution in [-0.4, -0.2) is 135 Å². The van der Waals surface area contributed by atoms with E-state index in [0.29, 0.717) is 0 Å². The van der Waals surface area contributed by atoms with Gasteiger partial charge in [-0.3, -0.25) is 29.4 Å². The van der Waals surface area contributed by atoms with Crippen molar-refractivity contribution in [3.63, 3.8) is 0 Å². The second-order valence-electron chi connectivity index (χ2n) is 21.5. The molecule has 0 atom stereocenters. The molecule has 0 aliphatic heterocycles. The van der Waals surface area contributed by atoms with Gasteiger partial charge in [0.05, 0.1) is 66.3 Å². The van der Waals surface area contributed by atoms with Gasteiger partial charge in [0, 0.05) is 39.3 Å². The summed E-state index contributed by atoms with van der Waals surface area (Å²) < 4.78 is 274. The van der Waals surface area contributed by atoms with E-state index in [2.05, 4.69) is 0 Å². The molecule has 806 valence electrons. The molecule has 0 fully saturated rings. The topological polar surface area (TPSA) is 1540 Å². The molecule has 78 nitrogen and oxygen atoms in total. The molecule has 0 aromatic rings. The molecule has 0 aliphatic rings. The summed E-state index contributed by atoms with van der Waals surface area (Å²) in [5.74, 6) is 0. The Labute approximate surface area is 924 Å². The van der Waals surface area contributed by atoms with Crippen molar-refractivity contribution in [1.82, 2.24) is 29.4 Å². The predicted molar refractivity (Wildman–Crippen MR) is 268 cm³/mol. The molecule has 0 unspecified atom stereocenters. The average molecular weight is 3110 g/mol. The summed E-state index contributed by atoms with van der Waals surface area (Å²) in [6.07, 6.45) is 0. The molecule has 16 radical (unpaired) electrons. The van der Waals surface area contributed by atoms with Crippen LogP contribution >= 0.6 is 182 Å². The number of hydrogen-bond acceptors (Lipinski definition) is 78. The summed E-state index contributed by atoms with van der Waals surface area (Å²) in [4.78, 5) is 537. The average Bonchev–Trinajstić information content (AvgIpc) is 0.752. The molecule has 0 aliphatic carbocycles. The van der Waals surface area contributed by atoms with E-state index in [1.54, 1.807) is 0 Å². The van der Waals surface area contributed by atoms with Crippen molar-refractivity contribution in [3.8, 4) is 0 Å². The van der Waals surface area contributed by atoms with E-state index < -0.39 is 317 Å². The minimum Gasteiger partial charge on any atom is -0.809 e. The second-order valence-corrected chi connectivity index (χ2v) is 64.1. The largest absolute Gasteiger partial charge is 3.00 e. The van der Waals surface area contributed by atoms with Crippen molar-refractivity contribution < 1.29 is 618 Å². The molecule has 0 rings (SSSR count). The summed E-state index contributed by atoms with van der Waals surface area (Å²) in [5, 5.41) is 0. The monoisotopic (exact) mass is 3110 g/mol. The van der Waals surface area contributed by atoms with E-state index in [4.69, 9.17) is 0 Å². The first kappa shape index (κ1) is 192. The van der Waals surface area contributed by atoms with Crippen LogP contribution < -0.4 is 235 Å². The molecule has 0 saturated heterocycles. The van der Waals surface area contributed by atoms with Gasteiger partial charge in [-0.1, -0.05) is 0 Å². The van der Waals surface area contributed by atoms with Crippen molar-refractivity contribution in [1.29, 1.82) is 0 Å². The van der Waals surface area contributed by atoms with Crippen LogP contribution in [0.2, 0.25) is 0 Å². The van der Waals surface area contributed by atoms with E-state index >= 15 is 0 Å². The van der Waals surface area contributed by atoms with Gasteiger partial charge in [0.2, 0.25) is 0 Å². The minimum absolute atomic E-state index is 0. The van der Waals surface area contributed by atoms with Crippen LogP contribution in [0.5, 0.6) is 0 Å². The van der Waals surface area contributed by atoms with Gasteiger partial charge in [-0.2, -0.15) is 0 Å². The maximum Gasteiger partial charge on any atom is 3.00 e. The Balaban J connectivity index is -0.0000000839. The molecule has 0 N–H and O–H groups in total. The van der Waals surface area contributed by atoms with Crippen molar-refractivity contribution in [2.75, 3.05) is 39.3 Å². The van der Waals surface area contributed by atoms with E-state index in [1.165, 1.54) is 0 Å². The van der Waals surface area contributed by atoms with Crippen molar-refractivity contribution in [2.45, 2.75) is 66.3 Å². The molecule has 0 bridgehead atoms. The van der Waals surface area contributed by atoms with Gasteiger partial charge in [-0.25, -0.2) is 0 Å². The zero-order valence-corrected chi connectivity index (χ0v) is 98.8. The third-order valence-corrected chi connectivity index (χ3v) is 53.3. The van der Waals surface area contributed by atoms with E-state index in [1.807, 2.05) is 0 Å². The summed E-state index contributed by atoms with van der Waals surface area (Å²) >= 11 is 0. The van der Waals surface area contributed by atoms with E-state index in [-0.39, 0.29) is 273 Å². The Morgan fingerprint density at radius 3 is 0.147 bits per heavy atom. The van der Waals surface area contributed by atoms with Crippen molar-refractivity contribution in [3.05, 3.63) is 0 Å². The molecule has 0 heterocycles. The first-order valence-corrected chi connectivity index (χ1v) is 64.5. The number of rotatable bonds is 45. The molecular formula is C18H24Fe16N6O72P24. The van der Waals surface area contributed by atoms with Gasteiger partial charge in [0.25, 0.3) is 0 Å². The van der Waals surface area contributed by atoms with Gasteiger partial charge in [-0.05, 0) is 182 Å². The fraction of sp³-hybridized carbons (Fsp3) is 1.00. The molecule has 0 saturated carbocycles. The third-order valence-electron chi connectivity index (χ3n) is 12.2. The summed E-state index contributed by atoms with van der Waals surface area (Å²) in [6, 6.07) is 0. The standard InChI is InChI=1S/3C6H24N2O24P8.16Fe/c3*9-33(10,11)3(34(12,13)14)7(4(35(15,16)17)36(18,19)20)1-2-8(5(37(21,22)23)38(24,25)26)6(39(27,28)29)40(30,31)32;;;;;;;;;;;;;;;;/h3*3-6H,1-2H2,(H2,9,10,11)(H2,12,13,14)(H2,15,16,17)(H2,18,19,20)(H2,21,22,23)(H2,24,25,26)(H2,27,28,29)(H2,30,31,32);;;;;;;;;;;;;;;;/q;;;16*+3/p-48. The van der Waals surface area contributed by atoms with Gasteiger partial charge in [0.15, 0.2) is 0 Å².